The van der Waals surface area contributed by atoms with Crippen molar-refractivity contribution in [3.8, 4) is 50.4 Å². The van der Waals surface area contributed by atoms with E-state index in [-0.39, 0.29) is 36.8 Å². The number of benzene rings is 21. The summed E-state index contributed by atoms with van der Waals surface area (Å²) >= 11 is 18.5. The fourth-order valence-corrected chi connectivity index (χ4v) is 24.4. The van der Waals surface area contributed by atoms with E-state index in [2.05, 4.69) is 496 Å². The number of thiol groups is 1. The SMILES string of the molecule is Br.Brc1ccc2c(c1)c1cc(Br)cc3c1n2-c1ccccc1C31c2ccc3ccccc3c2-c2c1ccc1ccccc21.C.CC(=O)O.Cl.OC1(c2cc(Br)cc3c4cc(Br)ccc4n(-c4ccccc4)c23)c2ccc3ccccc3c2-c2c1ccc1ccccc21.OC1(c2cccc3c4ccccc4n(-c4ccccc4)c23)c2ccc3ccccc3c2-c2c1ccc1ccccc21.[2H]CF.[B]=NS. The summed E-state index contributed by atoms with van der Waals surface area (Å²) in [6, 6.07) is 145. The maximum absolute atomic E-state index is 13.5. The average Bonchev–Trinajstić information content (AvgIpc) is 1.49. The van der Waals surface area contributed by atoms with Crippen molar-refractivity contribution in [3.05, 3.63) is 480 Å². The van der Waals surface area contributed by atoms with Crippen LogP contribution in [0.3, 0.4) is 0 Å². The molecule has 17 heteroatoms. The van der Waals surface area contributed by atoms with Crippen molar-refractivity contribution in [1.29, 1.82) is 0 Å². The number of aromatic nitrogens is 3. The first-order chi connectivity index (χ1) is 66.5. The van der Waals surface area contributed by atoms with Gasteiger partial charge >= 0.3 is 24.8 Å². The van der Waals surface area contributed by atoms with Gasteiger partial charge in [0.05, 0.1) is 52.7 Å². The van der Waals surface area contributed by atoms with E-state index < -0.39 is 29.7 Å². The summed E-state index contributed by atoms with van der Waals surface area (Å²) in [6.07, 6.45) is 0. The van der Waals surface area contributed by atoms with Crippen molar-refractivity contribution in [2.75, 3.05) is 7.15 Å². The fourth-order valence-electron chi connectivity index (χ4n) is 22.8. The van der Waals surface area contributed by atoms with E-state index in [0.29, 0.717) is 0 Å². The van der Waals surface area contributed by atoms with Crippen molar-refractivity contribution in [2.45, 2.75) is 31.0 Å². The number of carboxylic acids is 1. The second kappa shape index (κ2) is 36.6. The molecule has 21 aromatic carbocycles. The first-order valence-corrected chi connectivity index (χ1v) is 47.9. The Morgan fingerprint density at radius 3 is 0.993 bits per heavy atom. The van der Waals surface area contributed by atoms with Gasteiger partial charge in [-0.3, -0.25) is 9.18 Å². The summed E-state index contributed by atoms with van der Waals surface area (Å²) < 4.78 is 29.4. The molecule has 0 unspecified atom stereocenters. The Kier molecular flexibility index (Phi) is 24.2. The average molecular weight is 2150 g/mol. The number of fused-ring (bicyclic) bond motifs is 36. The van der Waals surface area contributed by atoms with Crippen LogP contribution in [-0.2, 0) is 21.4 Å². The molecule has 3 aliphatic carbocycles. The second-order valence-corrected chi connectivity index (χ2v) is 38.4. The van der Waals surface area contributed by atoms with Crippen LogP contribution in [0.1, 0.15) is 71.4 Å². The standard InChI is InChI=1S/C39H23Br2NO.C39H21Br2N.C39H25NO.C2H4O2.CH3F.CH4.BHNS.BrH.ClH/c40-25-16-19-35-30(20-25)31-21-26(41)22-34(38(31)42(35)27-10-2-1-3-11-27)39(43)32-17-14-23-8-4-6-12-28(23)36(32)37-29-13-7-5-9-24(29)15-18-33(37)39;40-24-15-18-34-28(19-24)29-20-25(41)21-33-38(29)42(34)35-12-6-5-11-30(35)39(33)31-16-13-22-7-1-3-9-26(22)36(31)37-27-10-4-2-8-23(27)14-17-32(37)39;41-39(34-19-10-18-31-30-17-8-9-20-35(30)40(38(31)34)27-13-2-1-3-14-27)32-23-21-25-11-4-6-15-28(25)36(32)37-29-16-7-5-12-26(29)22-24-33(37)39;1-2(3)4;1-2;;1-2-3;;/h1-22,43H;1-21H;1-24,41H;1H3,(H,3,4);1H3;1H4;3H;2*1H/i;;;;1D;;;;. The van der Waals surface area contributed by atoms with Crippen LogP contribution < -0.4 is 0 Å². The third kappa shape index (κ3) is 14.0. The van der Waals surface area contributed by atoms with Gasteiger partial charge < -0.3 is 29.0 Å². The molecule has 4 heterocycles. The molecule has 28 rings (SSSR count). The number of nitrogens with zero attached hydrogens (tertiary/aromatic N) is 4. The number of hydrogen-bond donors (Lipinski definition) is 4. The fraction of sp³-hybridized carbons (Fsp3) is 0.0496. The van der Waals surface area contributed by atoms with Gasteiger partial charge in [-0.15, -0.1) is 29.4 Å². The third-order valence-electron chi connectivity index (χ3n) is 27.7. The van der Waals surface area contributed by atoms with E-state index >= 15 is 0 Å². The molecule has 24 aromatic rings. The zero-order valence-corrected chi connectivity index (χ0v) is 82.9. The van der Waals surface area contributed by atoms with E-state index in [9.17, 15) is 14.6 Å². The molecule has 3 N–H and O–H groups in total. The number of carbonyl (C=O) groups is 1. The molecule has 0 bridgehead atoms. The number of aliphatic carboxylic acids is 1. The molecule has 0 amide bonds. The van der Waals surface area contributed by atoms with Crippen molar-refractivity contribution < 1.29 is 25.9 Å². The number of aliphatic hydroxyl groups is 2. The topological polar surface area (TPSA) is 105 Å². The van der Waals surface area contributed by atoms with E-state index in [1.807, 2.05) is 12.1 Å². The second-order valence-electron chi connectivity index (χ2n) is 34.5. The molecule has 0 atom stereocenters. The Hall–Kier alpha value is -13.2. The Balaban J connectivity index is 0.000000121. The van der Waals surface area contributed by atoms with E-state index in [1.165, 1.54) is 98.6 Å². The zero-order valence-electron chi connectivity index (χ0n) is 74.2. The van der Waals surface area contributed by atoms with Crippen LogP contribution >= 0.6 is 106 Å². The monoisotopic (exact) mass is 2150 g/mol. The summed E-state index contributed by atoms with van der Waals surface area (Å²) in [5, 5.41) is 55.8. The zero-order chi connectivity index (χ0) is 92.7. The molecule has 1 aliphatic heterocycles. The first kappa shape index (κ1) is 91.2. The molecule has 669 valence electrons. The van der Waals surface area contributed by atoms with Crippen molar-refractivity contribution in [2.24, 2.45) is 4.30 Å². The Bertz CT molecular complexity index is 8910. The molecule has 3 aromatic heterocycles. The Morgan fingerprint density at radius 1 is 0.319 bits per heavy atom. The van der Waals surface area contributed by atoms with Crippen LogP contribution in [0.5, 0.6) is 0 Å². The van der Waals surface area contributed by atoms with Gasteiger partial charge in [0, 0.05) is 102 Å². The van der Waals surface area contributed by atoms with Gasteiger partial charge in [0.1, 0.15) is 11.2 Å². The van der Waals surface area contributed by atoms with Crippen molar-refractivity contribution in [1.82, 2.24) is 13.7 Å². The van der Waals surface area contributed by atoms with Crippen LogP contribution in [0.25, 0.3) is 180 Å². The van der Waals surface area contributed by atoms with Crippen LogP contribution in [0.15, 0.2) is 429 Å². The Morgan fingerprint density at radius 2 is 0.594 bits per heavy atom. The molecular weight excluding hydrogens is 2070 g/mol. The third-order valence-corrected chi connectivity index (χ3v) is 29.6. The number of carboxylic acid groups (broad SMARTS) is 1. The quantitative estimate of drug-likeness (QED) is 0.104. The summed E-state index contributed by atoms with van der Waals surface area (Å²) in [4.78, 5) is 9.00. The van der Waals surface area contributed by atoms with Crippen LogP contribution in [0.2, 0.25) is 0 Å². The number of halogens is 7. The van der Waals surface area contributed by atoms with Gasteiger partial charge in [0.25, 0.3) is 5.97 Å². The molecule has 4 aliphatic rings. The summed E-state index contributed by atoms with van der Waals surface area (Å²) in [5.74, 6) is -0.833. The predicted octanol–water partition coefficient (Wildman–Crippen LogP) is 34.0. The molecule has 1 radical (unpaired) electrons. The number of rotatable bonds is 4. The maximum atomic E-state index is 13.5. The minimum absolute atomic E-state index is 0. The van der Waals surface area contributed by atoms with Gasteiger partial charge in [-0.25, -0.2) is 0 Å². The Labute approximate surface area is 854 Å². The van der Waals surface area contributed by atoms with Gasteiger partial charge in [0.15, 0.2) is 0 Å². The summed E-state index contributed by atoms with van der Waals surface area (Å²) in [5.41, 5.74) is 24.8. The van der Waals surface area contributed by atoms with Crippen molar-refractivity contribution >= 4 is 250 Å². The number of para-hydroxylation sites is 5. The number of hydrogen-bond acceptors (Lipinski definition) is 5. The van der Waals surface area contributed by atoms with Gasteiger partial charge in [-0.2, -0.15) is 0 Å². The molecule has 8 nitrogen and oxygen atoms in total. The molecule has 0 saturated heterocycles. The summed E-state index contributed by atoms with van der Waals surface area (Å²) in [6.45, 7) is 1.08. The molecule has 0 fully saturated rings. The predicted molar refractivity (Wildman–Crippen MR) is 599 cm³/mol. The molecule has 0 saturated carbocycles. The molecule has 138 heavy (non-hydrogen) atoms. The van der Waals surface area contributed by atoms with E-state index in [1.54, 1.807) is 0 Å². The van der Waals surface area contributed by atoms with Crippen LogP contribution in [-0.4, -0.2) is 49.8 Å². The van der Waals surface area contributed by atoms with Gasteiger partial charge in [-0.1, -0.05) is 381 Å². The van der Waals surface area contributed by atoms with E-state index in [0.717, 1.165) is 162 Å². The molecule has 1 spiro atoms. The van der Waals surface area contributed by atoms with Crippen molar-refractivity contribution in [3.63, 3.8) is 0 Å². The van der Waals surface area contributed by atoms with Gasteiger partial charge in [0.2, 0.25) is 0 Å². The normalized spacial score (nSPS) is 13.0. The minimum atomic E-state index is -1.40. The van der Waals surface area contributed by atoms with Crippen LogP contribution in [0, 0.1) is 0 Å². The first-order valence-electron chi connectivity index (χ1n) is 45.0. The summed E-state index contributed by atoms with van der Waals surface area (Å²) in [7, 11) is 3.34. The van der Waals surface area contributed by atoms with Crippen LogP contribution in [0.4, 0.5) is 4.39 Å². The molecular formula is C121H83BBr5ClFN4O4S. The van der Waals surface area contributed by atoms with E-state index in [4.69, 9.17) is 11.3 Å². The number of alkyl halides is 1. The van der Waals surface area contributed by atoms with Gasteiger partial charge in [-0.05, 0) is 217 Å².